The summed E-state index contributed by atoms with van der Waals surface area (Å²) in [7, 11) is 0. The third-order valence-electron chi connectivity index (χ3n) is 5.97. The fourth-order valence-corrected chi connectivity index (χ4v) is 4.29. The SMILES string of the molecule is Cc1ccc(-n2c(S[C@H](C)C(=O)N[C@](C)(C#N)C(C)C)nnc2N2CCCCC2)cc1. The van der Waals surface area contributed by atoms with Gasteiger partial charge >= 0.3 is 0 Å². The van der Waals surface area contributed by atoms with Gasteiger partial charge in [-0.1, -0.05) is 43.3 Å². The average molecular weight is 441 g/mol. The summed E-state index contributed by atoms with van der Waals surface area (Å²) in [5.41, 5.74) is 1.26. The zero-order valence-electron chi connectivity index (χ0n) is 19.1. The normalized spacial score (nSPS) is 17.1. The minimum absolute atomic E-state index is 0.000524. The Bertz CT molecular complexity index is 942. The molecule has 166 valence electrons. The molecule has 1 aromatic carbocycles. The highest BCUT2D eigenvalue weighted by atomic mass is 32.2. The number of piperidine rings is 1. The van der Waals surface area contributed by atoms with Crippen LogP contribution in [-0.2, 0) is 4.79 Å². The van der Waals surface area contributed by atoms with Crippen LogP contribution in [0.5, 0.6) is 0 Å². The largest absolute Gasteiger partial charge is 0.341 e. The number of amides is 1. The lowest BCUT2D eigenvalue weighted by Crippen LogP contribution is -2.51. The first-order valence-electron chi connectivity index (χ1n) is 10.9. The number of nitrogens with one attached hydrogen (secondary N) is 1. The van der Waals surface area contributed by atoms with E-state index in [2.05, 4.69) is 57.7 Å². The van der Waals surface area contributed by atoms with Crippen LogP contribution in [0, 0.1) is 24.2 Å². The Morgan fingerprint density at radius 3 is 2.39 bits per heavy atom. The van der Waals surface area contributed by atoms with Gasteiger partial charge in [0.15, 0.2) is 5.16 Å². The Kier molecular flexibility index (Phi) is 7.26. The molecule has 0 unspecified atom stereocenters. The molecular formula is C23H32N6OS. The standard InChI is InChI=1S/C23H32N6OS/c1-16(2)23(5,15-24)25-20(30)18(4)31-22-27-26-21(28-13-7-6-8-14-28)29(22)19-11-9-17(3)10-12-19/h9-12,16,18H,6-8,13-14H2,1-5H3,(H,25,30)/t18-,23-/m1/s1. The number of rotatable bonds is 7. The molecule has 0 aliphatic carbocycles. The number of aromatic nitrogens is 3. The molecule has 2 heterocycles. The van der Waals surface area contributed by atoms with E-state index in [1.807, 2.05) is 25.3 Å². The summed E-state index contributed by atoms with van der Waals surface area (Å²) in [6.07, 6.45) is 3.52. The van der Waals surface area contributed by atoms with Crippen LogP contribution >= 0.6 is 11.8 Å². The molecule has 0 radical (unpaired) electrons. The third kappa shape index (κ3) is 5.21. The molecule has 3 rings (SSSR count). The van der Waals surface area contributed by atoms with E-state index in [4.69, 9.17) is 0 Å². The summed E-state index contributed by atoms with van der Waals surface area (Å²) in [4.78, 5) is 15.2. The molecular weight excluding hydrogens is 408 g/mol. The molecule has 1 fully saturated rings. The van der Waals surface area contributed by atoms with Crippen molar-refractivity contribution >= 4 is 23.6 Å². The van der Waals surface area contributed by atoms with Gasteiger partial charge in [-0.2, -0.15) is 5.26 Å². The maximum atomic E-state index is 12.9. The second-order valence-electron chi connectivity index (χ2n) is 8.72. The van der Waals surface area contributed by atoms with Gasteiger partial charge in [-0.15, -0.1) is 10.2 Å². The highest BCUT2D eigenvalue weighted by molar-refractivity contribution is 8.00. The van der Waals surface area contributed by atoms with Crippen molar-refractivity contribution < 1.29 is 4.79 Å². The van der Waals surface area contributed by atoms with Gasteiger partial charge in [0.25, 0.3) is 0 Å². The van der Waals surface area contributed by atoms with Crippen molar-refractivity contribution in [2.24, 2.45) is 5.92 Å². The lowest BCUT2D eigenvalue weighted by atomic mass is 9.90. The lowest BCUT2D eigenvalue weighted by Gasteiger charge is -2.29. The van der Waals surface area contributed by atoms with Gasteiger partial charge in [-0.3, -0.25) is 9.36 Å². The Morgan fingerprint density at radius 1 is 1.16 bits per heavy atom. The molecule has 31 heavy (non-hydrogen) atoms. The Morgan fingerprint density at radius 2 is 1.81 bits per heavy atom. The van der Waals surface area contributed by atoms with Crippen LogP contribution in [0.15, 0.2) is 29.4 Å². The summed E-state index contributed by atoms with van der Waals surface area (Å²) in [6.45, 7) is 11.4. The van der Waals surface area contributed by atoms with Crippen molar-refractivity contribution in [3.63, 3.8) is 0 Å². The molecule has 1 saturated heterocycles. The number of anilines is 1. The first-order chi connectivity index (χ1) is 14.7. The molecule has 1 aromatic heterocycles. The van der Waals surface area contributed by atoms with E-state index in [1.165, 1.54) is 23.7 Å². The Labute approximate surface area is 189 Å². The van der Waals surface area contributed by atoms with Gasteiger partial charge in [0.05, 0.1) is 17.0 Å². The molecule has 8 heteroatoms. The Hall–Kier alpha value is -2.53. The summed E-state index contributed by atoms with van der Waals surface area (Å²) in [5.74, 6) is 0.643. The summed E-state index contributed by atoms with van der Waals surface area (Å²) >= 11 is 1.37. The fourth-order valence-electron chi connectivity index (χ4n) is 3.43. The summed E-state index contributed by atoms with van der Waals surface area (Å²) < 4.78 is 2.05. The second-order valence-corrected chi connectivity index (χ2v) is 10.0. The average Bonchev–Trinajstić information content (AvgIpc) is 3.18. The first kappa shape index (κ1) is 23.1. The third-order valence-corrected chi connectivity index (χ3v) is 7.01. The van der Waals surface area contributed by atoms with Gasteiger partial charge in [-0.25, -0.2) is 0 Å². The topological polar surface area (TPSA) is 86.8 Å². The molecule has 0 saturated carbocycles. The highest BCUT2D eigenvalue weighted by Crippen LogP contribution is 2.31. The number of aryl methyl sites for hydroxylation is 1. The van der Waals surface area contributed by atoms with Gasteiger partial charge < -0.3 is 10.2 Å². The van der Waals surface area contributed by atoms with Crippen LogP contribution in [0.3, 0.4) is 0 Å². The number of hydrogen-bond donors (Lipinski definition) is 1. The van der Waals surface area contributed by atoms with Gasteiger partial charge in [-0.05, 0) is 58.1 Å². The number of nitrogens with zero attached hydrogens (tertiary/aromatic N) is 5. The monoisotopic (exact) mass is 440 g/mol. The van der Waals surface area contributed by atoms with Crippen molar-refractivity contribution in [2.45, 2.75) is 69.8 Å². The molecule has 1 aliphatic heterocycles. The van der Waals surface area contributed by atoms with Crippen LogP contribution in [0.1, 0.15) is 52.5 Å². The van der Waals surface area contributed by atoms with Gasteiger partial charge in [0.1, 0.15) is 5.54 Å². The summed E-state index contributed by atoms with van der Waals surface area (Å²) in [5, 5.41) is 21.7. The van der Waals surface area contributed by atoms with Crippen LogP contribution in [0.2, 0.25) is 0 Å². The maximum Gasteiger partial charge on any atom is 0.234 e. The molecule has 0 bridgehead atoms. The van der Waals surface area contributed by atoms with Gasteiger partial charge in [0, 0.05) is 13.1 Å². The molecule has 1 aliphatic rings. The van der Waals surface area contributed by atoms with Crippen molar-refractivity contribution in [2.75, 3.05) is 18.0 Å². The molecule has 7 nitrogen and oxygen atoms in total. The van der Waals surface area contributed by atoms with Crippen molar-refractivity contribution in [1.82, 2.24) is 20.1 Å². The minimum Gasteiger partial charge on any atom is -0.341 e. The van der Waals surface area contributed by atoms with E-state index < -0.39 is 10.8 Å². The van der Waals surface area contributed by atoms with E-state index in [9.17, 15) is 10.1 Å². The minimum atomic E-state index is -0.907. The van der Waals surface area contributed by atoms with Crippen molar-refractivity contribution in [1.29, 1.82) is 5.26 Å². The molecule has 2 aromatic rings. The highest BCUT2D eigenvalue weighted by Gasteiger charge is 2.32. The van der Waals surface area contributed by atoms with Crippen LogP contribution in [0.4, 0.5) is 5.95 Å². The Balaban J connectivity index is 1.88. The zero-order chi connectivity index (χ0) is 22.6. The van der Waals surface area contributed by atoms with Gasteiger partial charge in [0.2, 0.25) is 11.9 Å². The number of hydrogen-bond acceptors (Lipinski definition) is 6. The molecule has 1 amide bonds. The quantitative estimate of drug-likeness (QED) is 0.652. The van der Waals surface area contributed by atoms with Crippen molar-refractivity contribution in [3.05, 3.63) is 29.8 Å². The number of carbonyl (C=O) groups is 1. The zero-order valence-corrected chi connectivity index (χ0v) is 19.9. The maximum absolute atomic E-state index is 12.9. The predicted molar refractivity (Wildman–Crippen MR) is 124 cm³/mol. The predicted octanol–water partition coefficient (Wildman–Crippen LogP) is 4.10. The van der Waals surface area contributed by atoms with E-state index in [0.29, 0.717) is 5.16 Å². The number of carbonyl (C=O) groups excluding carboxylic acids is 1. The summed E-state index contributed by atoms with van der Waals surface area (Å²) in [6, 6.07) is 10.5. The number of nitriles is 1. The first-order valence-corrected chi connectivity index (χ1v) is 11.8. The van der Waals surface area contributed by atoms with Crippen LogP contribution in [0.25, 0.3) is 5.69 Å². The number of thioether (sulfide) groups is 1. The number of benzene rings is 1. The molecule has 0 spiro atoms. The van der Waals surface area contributed by atoms with E-state index >= 15 is 0 Å². The second kappa shape index (κ2) is 9.73. The lowest BCUT2D eigenvalue weighted by molar-refractivity contribution is -0.121. The molecule has 1 N–H and O–H groups in total. The molecule has 2 atom stereocenters. The van der Waals surface area contributed by atoms with Crippen LogP contribution in [-0.4, -0.2) is 44.6 Å². The van der Waals surface area contributed by atoms with Crippen LogP contribution < -0.4 is 10.2 Å². The van der Waals surface area contributed by atoms with E-state index in [0.717, 1.165) is 37.6 Å². The van der Waals surface area contributed by atoms with E-state index in [-0.39, 0.29) is 11.8 Å². The van der Waals surface area contributed by atoms with Crippen molar-refractivity contribution in [3.8, 4) is 11.8 Å². The fraction of sp³-hybridized carbons (Fsp3) is 0.565. The van der Waals surface area contributed by atoms with E-state index in [1.54, 1.807) is 6.92 Å². The smallest absolute Gasteiger partial charge is 0.234 e.